The summed E-state index contributed by atoms with van der Waals surface area (Å²) in [6, 6.07) is 12.0. The normalized spacial score (nSPS) is 24.6. The molecule has 1 aromatic heterocycles. The van der Waals surface area contributed by atoms with Crippen molar-refractivity contribution in [2.45, 2.75) is 31.9 Å². The summed E-state index contributed by atoms with van der Waals surface area (Å²) in [5, 5.41) is 14.8. The third-order valence-electron chi connectivity index (χ3n) is 4.74. The molecule has 122 valence electrons. The number of rotatable bonds is 4. The molecule has 5 nitrogen and oxygen atoms in total. The summed E-state index contributed by atoms with van der Waals surface area (Å²) >= 11 is 0. The fourth-order valence-corrected chi connectivity index (χ4v) is 3.16. The monoisotopic (exact) mass is 313 g/mol. The number of carbonyl (C=O) groups is 1. The highest BCUT2D eigenvalue weighted by molar-refractivity contribution is 5.76. The van der Waals surface area contributed by atoms with E-state index in [1.165, 1.54) is 5.56 Å². The van der Waals surface area contributed by atoms with Crippen molar-refractivity contribution >= 4 is 5.91 Å². The highest BCUT2D eigenvalue weighted by Gasteiger charge is 2.38. The third-order valence-corrected chi connectivity index (χ3v) is 4.74. The standard InChI is InChI=1S/C18H23N3O2/c1-18(23)8-11-20(17(22)14-21-10-5-9-19-21)13-16(18)12-15-6-3-2-4-7-15/h2-7,9-10,16,23H,8,11-14H2,1H3/t16-,18+/m0/s1. The summed E-state index contributed by atoms with van der Waals surface area (Å²) < 4.78 is 1.64. The summed E-state index contributed by atoms with van der Waals surface area (Å²) in [6.07, 6.45) is 4.85. The van der Waals surface area contributed by atoms with Gasteiger partial charge in [-0.25, -0.2) is 0 Å². The zero-order valence-electron chi connectivity index (χ0n) is 13.4. The molecule has 5 heteroatoms. The Hall–Kier alpha value is -2.14. The molecule has 1 amide bonds. The highest BCUT2D eigenvalue weighted by atomic mass is 16.3. The van der Waals surface area contributed by atoms with E-state index < -0.39 is 5.60 Å². The number of hydrogen-bond acceptors (Lipinski definition) is 3. The van der Waals surface area contributed by atoms with Gasteiger partial charge in [0.2, 0.25) is 5.91 Å². The second-order valence-electron chi connectivity index (χ2n) is 6.54. The van der Waals surface area contributed by atoms with Crippen LogP contribution in [0.4, 0.5) is 0 Å². The van der Waals surface area contributed by atoms with Gasteiger partial charge in [0.25, 0.3) is 0 Å². The first-order valence-electron chi connectivity index (χ1n) is 8.06. The highest BCUT2D eigenvalue weighted by Crippen LogP contribution is 2.30. The zero-order chi connectivity index (χ0) is 16.3. The van der Waals surface area contributed by atoms with Crippen molar-refractivity contribution in [2.24, 2.45) is 5.92 Å². The van der Waals surface area contributed by atoms with Crippen LogP contribution in [0.3, 0.4) is 0 Å². The van der Waals surface area contributed by atoms with E-state index in [1.54, 1.807) is 17.1 Å². The topological polar surface area (TPSA) is 58.4 Å². The predicted molar refractivity (Wildman–Crippen MR) is 87.7 cm³/mol. The van der Waals surface area contributed by atoms with Gasteiger partial charge < -0.3 is 10.0 Å². The van der Waals surface area contributed by atoms with E-state index in [9.17, 15) is 9.90 Å². The average molecular weight is 313 g/mol. The van der Waals surface area contributed by atoms with E-state index in [0.717, 1.165) is 6.42 Å². The Balaban J connectivity index is 1.67. The Morgan fingerprint density at radius 2 is 2.13 bits per heavy atom. The summed E-state index contributed by atoms with van der Waals surface area (Å²) in [6.45, 7) is 3.32. The predicted octanol–water partition coefficient (Wildman–Crippen LogP) is 1.73. The lowest BCUT2D eigenvalue weighted by molar-refractivity contribution is -0.139. The number of amides is 1. The van der Waals surface area contributed by atoms with E-state index in [1.807, 2.05) is 36.1 Å². The maximum atomic E-state index is 12.5. The number of likely N-dealkylation sites (tertiary alicyclic amines) is 1. The Labute approximate surface area is 136 Å². The first-order chi connectivity index (χ1) is 11.0. The number of hydrogen-bond donors (Lipinski definition) is 1. The molecule has 2 heterocycles. The van der Waals surface area contributed by atoms with Crippen LogP contribution in [0.5, 0.6) is 0 Å². The second kappa shape index (κ2) is 6.54. The molecule has 0 spiro atoms. The van der Waals surface area contributed by atoms with E-state index in [0.29, 0.717) is 19.5 Å². The molecule has 1 fully saturated rings. The largest absolute Gasteiger partial charge is 0.390 e. The Morgan fingerprint density at radius 3 is 2.83 bits per heavy atom. The van der Waals surface area contributed by atoms with Gasteiger partial charge in [0.1, 0.15) is 6.54 Å². The van der Waals surface area contributed by atoms with Crippen LogP contribution in [-0.2, 0) is 17.8 Å². The van der Waals surface area contributed by atoms with Gasteiger partial charge in [0.05, 0.1) is 5.60 Å². The van der Waals surface area contributed by atoms with Gasteiger partial charge in [-0.1, -0.05) is 30.3 Å². The minimum atomic E-state index is -0.738. The molecule has 2 aromatic rings. The van der Waals surface area contributed by atoms with Crippen molar-refractivity contribution in [3.63, 3.8) is 0 Å². The molecule has 2 atom stereocenters. The third kappa shape index (κ3) is 3.79. The van der Waals surface area contributed by atoms with Crippen LogP contribution < -0.4 is 0 Å². The molecule has 0 unspecified atom stereocenters. The fraction of sp³-hybridized carbons (Fsp3) is 0.444. The van der Waals surface area contributed by atoms with Crippen molar-refractivity contribution in [1.82, 2.24) is 14.7 Å². The van der Waals surface area contributed by atoms with E-state index in [-0.39, 0.29) is 18.4 Å². The first kappa shape index (κ1) is 15.7. The van der Waals surface area contributed by atoms with Crippen LogP contribution in [0.1, 0.15) is 18.9 Å². The van der Waals surface area contributed by atoms with Crippen molar-refractivity contribution in [3.8, 4) is 0 Å². The molecule has 3 rings (SSSR count). The van der Waals surface area contributed by atoms with E-state index in [4.69, 9.17) is 0 Å². The van der Waals surface area contributed by atoms with Crippen molar-refractivity contribution < 1.29 is 9.90 Å². The zero-order valence-corrected chi connectivity index (χ0v) is 13.4. The smallest absolute Gasteiger partial charge is 0.244 e. The maximum absolute atomic E-state index is 12.5. The van der Waals surface area contributed by atoms with Crippen LogP contribution in [0.15, 0.2) is 48.8 Å². The second-order valence-corrected chi connectivity index (χ2v) is 6.54. The summed E-state index contributed by atoms with van der Waals surface area (Å²) in [4.78, 5) is 14.3. The van der Waals surface area contributed by atoms with E-state index in [2.05, 4.69) is 17.2 Å². The molecular formula is C18H23N3O2. The van der Waals surface area contributed by atoms with Crippen molar-refractivity contribution in [2.75, 3.05) is 13.1 Å². The molecule has 1 aromatic carbocycles. The van der Waals surface area contributed by atoms with Gasteiger partial charge in [-0.15, -0.1) is 0 Å². The van der Waals surface area contributed by atoms with Crippen LogP contribution in [0.2, 0.25) is 0 Å². The molecule has 1 saturated heterocycles. The molecule has 0 saturated carbocycles. The van der Waals surface area contributed by atoms with Gasteiger partial charge in [-0.05, 0) is 31.4 Å². The van der Waals surface area contributed by atoms with Gasteiger partial charge in [-0.3, -0.25) is 9.48 Å². The molecule has 1 aliphatic rings. The Morgan fingerprint density at radius 1 is 1.35 bits per heavy atom. The molecule has 23 heavy (non-hydrogen) atoms. The minimum Gasteiger partial charge on any atom is -0.390 e. The molecule has 0 aliphatic carbocycles. The number of nitrogens with zero attached hydrogens (tertiary/aromatic N) is 3. The Bertz CT molecular complexity index is 638. The molecule has 1 N–H and O–H groups in total. The summed E-state index contributed by atoms with van der Waals surface area (Å²) in [5.41, 5.74) is 0.456. The maximum Gasteiger partial charge on any atom is 0.244 e. The van der Waals surface area contributed by atoms with Gasteiger partial charge in [0.15, 0.2) is 0 Å². The number of carbonyl (C=O) groups excluding carboxylic acids is 1. The fourth-order valence-electron chi connectivity index (χ4n) is 3.16. The molecular weight excluding hydrogens is 290 g/mol. The van der Waals surface area contributed by atoms with Crippen molar-refractivity contribution in [3.05, 3.63) is 54.4 Å². The lowest BCUT2D eigenvalue weighted by Crippen LogP contribution is -2.53. The number of piperidine rings is 1. The van der Waals surface area contributed by atoms with Crippen LogP contribution in [-0.4, -0.2) is 44.4 Å². The van der Waals surface area contributed by atoms with Crippen LogP contribution in [0.25, 0.3) is 0 Å². The summed E-state index contributed by atoms with van der Waals surface area (Å²) in [7, 11) is 0. The van der Waals surface area contributed by atoms with Crippen molar-refractivity contribution in [1.29, 1.82) is 0 Å². The minimum absolute atomic E-state index is 0.0419. The van der Waals surface area contributed by atoms with Gasteiger partial charge in [-0.2, -0.15) is 5.10 Å². The molecule has 1 aliphatic heterocycles. The lowest BCUT2D eigenvalue weighted by atomic mass is 9.79. The first-order valence-corrected chi connectivity index (χ1v) is 8.06. The van der Waals surface area contributed by atoms with Gasteiger partial charge in [0, 0.05) is 31.4 Å². The summed E-state index contributed by atoms with van der Waals surface area (Å²) in [5.74, 6) is 0.0995. The van der Waals surface area contributed by atoms with Crippen LogP contribution >= 0.6 is 0 Å². The number of aliphatic hydroxyl groups is 1. The van der Waals surface area contributed by atoms with Gasteiger partial charge >= 0.3 is 0 Å². The SMILES string of the molecule is C[C@@]1(O)CCN(C(=O)Cn2cccn2)C[C@@H]1Cc1ccccc1. The molecule has 0 bridgehead atoms. The van der Waals surface area contributed by atoms with Crippen LogP contribution in [0, 0.1) is 5.92 Å². The quantitative estimate of drug-likeness (QED) is 0.935. The number of aromatic nitrogens is 2. The lowest BCUT2D eigenvalue weighted by Gasteiger charge is -2.43. The Kier molecular flexibility index (Phi) is 4.48. The number of benzene rings is 1. The molecule has 0 radical (unpaired) electrons. The van der Waals surface area contributed by atoms with E-state index >= 15 is 0 Å². The average Bonchev–Trinajstić information content (AvgIpc) is 3.03.